The van der Waals surface area contributed by atoms with E-state index in [1.807, 2.05) is 55.4 Å². The van der Waals surface area contributed by atoms with Crippen LogP contribution in [0, 0.1) is 73.9 Å². The Labute approximate surface area is 632 Å². The van der Waals surface area contributed by atoms with Gasteiger partial charge >= 0.3 is 42.9 Å². The van der Waals surface area contributed by atoms with Crippen LogP contribution in [-0.2, 0) is 79.0 Å². The molecule has 2 saturated carbocycles. The molecule has 0 radical (unpaired) electrons. The summed E-state index contributed by atoms with van der Waals surface area (Å²) >= 11 is 2.46. The Bertz CT molecular complexity index is 3370. The minimum atomic E-state index is -6.50. The smallest absolute Gasteiger partial charge is 0.874 e. The first-order chi connectivity index (χ1) is 46.2. The molecule has 2 heterocycles. The summed E-state index contributed by atoms with van der Waals surface area (Å²) in [6, 6.07) is -0.843. The summed E-state index contributed by atoms with van der Waals surface area (Å²) in [6.07, 6.45) is 6.27. The Morgan fingerprint density at radius 3 is 1.45 bits per heavy atom. The van der Waals surface area contributed by atoms with Crippen LogP contribution in [0.15, 0.2) is 38.3 Å². The van der Waals surface area contributed by atoms with Gasteiger partial charge in [-0.1, -0.05) is 170 Å². The third-order valence-corrected chi connectivity index (χ3v) is 27.7. The topological polar surface area (TPSA) is 255 Å². The minimum Gasteiger partial charge on any atom is -0.874 e. The number of nitrogens with zero attached hydrogens (tertiary/aromatic N) is 2. The van der Waals surface area contributed by atoms with Gasteiger partial charge in [0.1, 0.15) is 23.6 Å². The Morgan fingerprint density at radius 1 is 0.657 bits per heavy atom. The molecular weight excluding hydrogens is 1440 g/mol. The largest absolute Gasteiger partial charge is 2.00 e. The van der Waals surface area contributed by atoms with Gasteiger partial charge in [0, 0.05) is 52.1 Å². The maximum atomic E-state index is 15.9. The van der Waals surface area contributed by atoms with Crippen molar-refractivity contribution in [3.8, 4) is 0 Å². The molecule has 102 heavy (non-hydrogen) atoms. The third-order valence-electron chi connectivity index (χ3n) is 21.8. The number of anilines is 1. The molecule has 2 amide bonds. The molecule has 1 aromatic rings. The molecule has 4 rings (SSSR count). The SMILES string of the molecule is C=C(C)C(=O)OCCCSCCCC(CC)(CC)C(=O)NC1=NC(Cc2[n-]c(NC(=O)C(CC)(CC)CCCSCC([O-])=C(S(C)(=O)=O)S(=O)(=O)C(F)(F)F)c(C(=O)OC3C(C(C)(C)C)CC(C)CC3C(C)(C)C)c2C(C)C)C(C(C)C)=C1C(=O)OC1C(C(C)(C)C)CC(C)CC1C(C)(C)C.[Zn+2]. The number of aromatic nitrogens is 1. The van der Waals surface area contributed by atoms with Gasteiger partial charge in [0.05, 0.1) is 18.2 Å². The van der Waals surface area contributed by atoms with Gasteiger partial charge in [-0.15, -0.1) is 0 Å². The second-order valence-electron chi connectivity index (χ2n) is 34.3. The van der Waals surface area contributed by atoms with Crippen molar-refractivity contribution in [3.05, 3.63) is 50.1 Å². The molecule has 2 N–H and O–H groups in total. The van der Waals surface area contributed by atoms with Crippen LogP contribution in [-0.4, -0.2) is 112 Å². The number of esters is 3. The van der Waals surface area contributed by atoms with Crippen LogP contribution < -0.4 is 20.7 Å². The van der Waals surface area contributed by atoms with Gasteiger partial charge in [0.15, 0.2) is 20.0 Å². The summed E-state index contributed by atoms with van der Waals surface area (Å²) in [5, 5.41) is 19.4. The molecule has 1 aromatic heterocycles. The second kappa shape index (κ2) is 37.0. The van der Waals surface area contributed by atoms with E-state index >= 15 is 19.2 Å². The number of rotatable bonds is 32. The van der Waals surface area contributed by atoms with E-state index in [9.17, 15) is 39.9 Å². The van der Waals surface area contributed by atoms with Crippen molar-refractivity contribution in [3.63, 3.8) is 0 Å². The molecule has 2 fully saturated rings. The predicted molar refractivity (Wildman–Crippen MR) is 401 cm³/mol. The molecule has 25 heteroatoms. The number of amides is 2. The first-order valence-corrected chi connectivity index (χ1v) is 42.4. The maximum absolute atomic E-state index is 15.9. The first kappa shape index (κ1) is 92.5. The van der Waals surface area contributed by atoms with Crippen LogP contribution in [0.1, 0.15) is 270 Å². The number of carbonyl (C=O) groups is 5. The van der Waals surface area contributed by atoms with E-state index in [-0.39, 0.29) is 150 Å². The molecule has 0 aromatic carbocycles. The third kappa shape index (κ3) is 23.2. The van der Waals surface area contributed by atoms with Crippen LogP contribution in [0.5, 0.6) is 0 Å². The zero-order valence-corrected chi connectivity index (χ0v) is 72.4. The molecule has 3 aliphatic rings. The van der Waals surface area contributed by atoms with Crippen molar-refractivity contribution in [1.82, 2.24) is 10.3 Å². The average molecular weight is 1570 g/mol. The molecule has 5 unspecified atom stereocenters. The van der Waals surface area contributed by atoms with Gasteiger partial charge < -0.3 is 34.9 Å². The van der Waals surface area contributed by atoms with Crippen molar-refractivity contribution in [2.75, 3.05) is 41.2 Å². The summed E-state index contributed by atoms with van der Waals surface area (Å²) in [5.41, 5.74) is -7.02. The van der Waals surface area contributed by atoms with Crippen molar-refractivity contribution in [2.24, 2.45) is 78.9 Å². The van der Waals surface area contributed by atoms with E-state index in [4.69, 9.17) is 24.2 Å². The number of alkyl halides is 3. The molecule has 17 nitrogen and oxygen atoms in total. The van der Waals surface area contributed by atoms with Crippen molar-refractivity contribution >= 4 is 84.6 Å². The first-order valence-electron chi connectivity index (χ1n) is 36.7. The fourth-order valence-electron chi connectivity index (χ4n) is 15.6. The van der Waals surface area contributed by atoms with Crippen molar-refractivity contribution in [1.29, 1.82) is 0 Å². The maximum Gasteiger partial charge on any atom is 2.00 e. The molecule has 1 aliphatic heterocycles. The number of thioether (sulfide) groups is 2. The zero-order chi connectivity index (χ0) is 77.3. The van der Waals surface area contributed by atoms with Crippen LogP contribution in [0.25, 0.3) is 0 Å². The molecule has 0 saturated heterocycles. The summed E-state index contributed by atoms with van der Waals surface area (Å²) < 4.78 is 107. The number of amidine groups is 1. The summed E-state index contributed by atoms with van der Waals surface area (Å²) in [6.45, 7) is 51.6. The Kier molecular flexibility index (Phi) is 33.5. The molecule has 0 spiro atoms. The van der Waals surface area contributed by atoms with Crippen LogP contribution in [0.3, 0.4) is 0 Å². The zero-order valence-electron chi connectivity index (χ0n) is 66.2. The predicted octanol–water partition coefficient (Wildman–Crippen LogP) is 16.7. The quantitative estimate of drug-likeness (QED) is 0.0170. The fraction of sp³-hybridized carbons (Fsp3) is 0.792. The van der Waals surface area contributed by atoms with Gasteiger partial charge in [0.25, 0.3) is 9.84 Å². The summed E-state index contributed by atoms with van der Waals surface area (Å²) in [7, 11) is -11.6. The van der Waals surface area contributed by atoms with E-state index in [1.54, 1.807) is 18.7 Å². The normalized spacial score (nSPS) is 22.4. The Morgan fingerprint density at radius 2 is 1.07 bits per heavy atom. The standard InChI is InChI=1S/C77H127F3N4O13S4.Zn/c1-26-75(27-2,33-30-36-98-38-32-35-95-65(86)47(9)10)69(89)83-63-59(66(87)96-61-50(71(13,14)15)39-48(11)40-51(61)72(16,17)18)57(45(5)6)54(81-63)43-55-58(46(7)8)60(67(88)97-62-52(73(19,20)21)41-49(12)42-53(62)74(22,23)24)64(82-55)84-70(90)76(28-3,29-4)34-31-37-99-44-56(85)68(100(25,91)92)101(93,94)77(78,79)80;/h45-46,48-54,61-62H,9,26-44H2,1-8,10-25H3,(H4,81,82,83,84,85,88,89,90);/q;+2/p-2. The van der Waals surface area contributed by atoms with Crippen LogP contribution in [0.4, 0.5) is 19.0 Å². The number of hydrogen-bond donors (Lipinski definition) is 2. The van der Waals surface area contributed by atoms with Crippen LogP contribution in [0.2, 0.25) is 0 Å². The van der Waals surface area contributed by atoms with Gasteiger partial charge in [-0.2, -0.15) is 36.7 Å². The van der Waals surface area contributed by atoms with E-state index in [1.165, 1.54) is 0 Å². The number of carbonyl (C=O) groups excluding carboxylic acids is 5. The summed E-state index contributed by atoms with van der Waals surface area (Å²) in [5.74, 6) is -3.69. The van der Waals surface area contributed by atoms with Gasteiger partial charge in [-0.25, -0.2) is 31.2 Å². The minimum absolute atomic E-state index is 0. The van der Waals surface area contributed by atoms with Crippen molar-refractivity contribution in [2.45, 2.75) is 279 Å². The number of halogens is 3. The average Bonchev–Trinajstić information content (AvgIpc) is 1.41. The van der Waals surface area contributed by atoms with E-state index in [0.29, 0.717) is 66.3 Å². The Balaban J connectivity index is 0.0000270. The second-order valence-corrected chi connectivity index (χ2v) is 40.7. The summed E-state index contributed by atoms with van der Waals surface area (Å²) in [4.78, 5) is 85.2. The number of ether oxygens (including phenoxy) is 3. The van der Waals surface area contributed by atoms with Gasteiger partial charge in [-0.3, -0.25) is 14.6 Å². The molecule has 5 atom stereocenters. The number of nitrogens with one attached hydrogen (secondary N) is 2. The molecule has 2 aliphatic carbocycles. The number of aliphatic imine (C=N–C) groups is 1. The Hall–Kier alpha value is -3.67. The monoisotopic (exact) mass is 1560 g/mol. The fourth-order valence-corrected chi connectivity index (χ4v) is 20.5. The van der Waals surface area contributed by atoms with Crippen molar-refractivity contribution < 1.29 is 92.8 Å². The van der Waals surface area contributed by atoms with E-state index < -0.39 is 99.7 Å². The van der Waals surface area contributed by atoms with Gasteiger partial charge in [0.2, 0.25) is 5.91 Å². The van der Waals surface area contributed by atoms with E-state index in [2.05, 4.69) is 114 Å². The molecule has 578 valence electrons. The molecule has 0 bridgehead atoms. The van der Waals surface area contributed by atoms with E-state index in [0.717, 1.165) is 49.0 Å². The van der Waals surface area contributed by atoms with Gasteiger partial charge in [-0.05, 0) is 176 Å². The molecular formula is C77H125F3N4O13S4Zn. The van der Waals surface area contributed by atoms with Crippen LogP contribution >= 0.6 is 23.5 Å². The number of sulfone groups is 2. The number of hydrogen-bond acceptors (Lipinski definition) is 16.